The number of nitrogens with zero attached hydrogens (tertiary/aromatic N) is 2. The lowest BCUT2D eigenvalue weighted by Crippen LogP contribution is -2.40. The van der Waals surface area contributed by atoms with Crippen LogP contribution in [-0.4, -0.2) is 36.3 Å². The molecule has 0 aromatic heterocycles. The van der Waals surface area contributed by atoms with Crippen molar-refractivity contribution >= 4 is 11.6 Å². The summed E-state index contributed by atoms with van der Waals surface area (Å²) < 4.78 is 18.9. The molecule has 0 saturated heterocycles. The summed E-state index contributed by atoms with van der Waals surface area (Å²) in [6.45, 7) is 0.819. The zero-order valence-corrected chi connectivity index (χ0v) is 17.2. The van der Waals surface area contributed by atoms with Crippen molar-refractivity contribution in [1.82, 2.24) is 4.90 Å². The second-order valence-electron chi connectivity index (χ2n) is 8.03. The first-order valence-corrected chi connectivity index (χ1v) is 10.5. The molecule has 1 atom stereocenters. The lowest BCUT2D eigenvalue weighted by Gasteiger charge is -2.27. The average Bonchev–Trinajstić information content (AvgIpc) is 3.45. The molecule has 1 amide bonds. The summed E-state index contributed by atoms with van der Waals surface area (Å²) in [4.78, 5) is 20.7. The summed E-state index contributed by atoms with van der Waals surface area (Å²) in [6.07, 6.45) is 4.46. The minimum absolute atomic E-state index is 0.0574. The summed E-state index contributed by atoms with van der Waals surface area (Å²) in [5, 5.41) is 4.25. The molecule has 0 unspecified atom stereocenters. The highest BCUT2D eigenvalue weighted by Gasteiger charge is 2.31. The summed E-state index contributed by atoms with van der Waals surface area (Å²) in [5.41, 5.74) is 2.63. The first-order valence-electron chi connectivity index (χ1n) is 10.5. The third-order valence-electron chi connectivity index (χ3n) is 5.86. The highest BCUT2D eigenvalue weighted by Crippen LogP contribution is 2.28. The van der Waals surface area contributed by atoms with Gasteiger partial charge < -0.3 is 14.5 Å². The highest BCUT2D eigenvalue weighted by atomic mass is 19.1. The molecule has 2 aliphatic rings. The van der Waals surface area contributed by atoms with Gasteiger partial charge in [0.2, 0.25) is 5.91 Å². The number of rotatable bonds is 7. The first-order chi connectivity index (χ1) is 14.6. The molecule has 158 valence electrons. The van der Waals surface area contributed by atoms with Crippen molar-refractivity contribution in [3.8, 4) is 5.75 Å². The lowest BCUT2D eigenvalue weighted by atomic mass is 10.0. The van der Waals surface area contributed by atoms with Crippen molar-refractivity contribution in [3.63, 3.8) is 0 Å². The second kappa shape index (κ2) is 9.28. The number of ether oxygens (including phenoxy) is 1. The number of carbonyl (C=O) groups excluding carboxylic acids is 1. The normalized spacial score (nSPS) is 18.7. The second-order valence-corrected chi connectivity index (χ2v) is 8.03. The van der Waals surface area contributed by atoms with E-state index in [-0.39, 0.29) is 23.7 Å². The molecule has 2 aromatic rings. The van der Waals surface area contributed by atoms with Gasteiger partial charge in [0.15, 0.2) is 6.10 Å². The van der Waals surface area contributed by atoms with Gasteiger partial charge in [-0.05, 0) is 60.4 Å². The van der Waals surface area contributed by atoms with E-state index in [9.17, 15) is 9.18 Å². The SMILES string of the molecule is COc1ccc(C2=NO[C@H](CN(Cc3cccc(F)c3)C(=O)C3CCCC3)C2)cc1. The van der Waals surface area contributed by atoms with Gasteiger partial charge in [0, 0.05) is 18.9 Å². The largest absolute Gasteiger partial charge is 0.497 e. The molecule has 0 bridgehead atoms. The summed E-state index contributed by atoms with van der Waals surface area (Å²) in [5.74, 6) is 0.696. The van der Waals surface area contributed by atoms with Gasteiger partial charge in [0.1, 0.15) is 11.6 Å². The van der Waals surface area contributed by atoms with Crippen LogP contribution < -0.4 is 4.74 Å². The average molecular weight is 410 g/mol. The molecule has 0 spiro atoms. The minimum Gasteiger partial charge on any atom is -0.497 e. The van der Waals surface area contributed by atoms with E-state index in [1.165, 1.54) is 12.1 Å². The first kappa shape index (κ1) is 20.4. The maximum atomic E-state index is 13.7. The topological polar surface area (TPSA) is 51.1 Å². The summed E-state index contributed by atoms with van der Waals surface area (Å²) in [6, 6.07) is 14.1. The van der Waals surface area contributed by atoms with Crippen LogP contribution in [0.15, 0.2) is 53.7 Å². The van der Waals surface area contributed by atoms with Gasteiger partial charge in [-0.15, -0.1) is 0 Å². The molecule has 0 N–H and O–H groups in total. The Balaban J connectivity index is 1.44. The Hall–Kier alpha value is -2.89. The van der Waals surface area contributed by atoms with E-state index in [1.54, 1.807) is 13.2 Å². The minimum atomic E-state index is -0.289. The van der Waals surface area contributed by atoms with Crippen LogP contribution in [0.1, 0.15) is 43.2 Å². The van der Waals surface area contributed by atoms with E-state index < -0.39 is 0 Å². The summed E-state index contributed by atoms with van der Waals surface area (Å²) in [7, 11) is 1.63. The van der Waals surface area contributed by atoms with Crippen LogP contribution >= 0.6 is 0 Å². The molecule has 6 heteroatoms. The fourth-order valence-electron chi connectivity index (χ4n) is 4.25. The van der Waals surface area contributed by atoms with Gasteiger partial charge in [0.05, 0.1) is 19.4 Å². The summed E-state index contributed by atoms with van der Waals surface area (Å²) >= 11 is 0. The number of oxime groups is 1. The molecule has 1 aliphatic heterocycles. The Bertz CT molecular complexity index is 907. The molecule has 5 nitrogen and oxygen atoms in total. The zero-order chi connectivity index (χ0) is 20.9. The number of methoxy groups -OCH3 is 1. The van der Waals surface area contributed by atoms with Crippen LogP contribution in [-0.2, 0) is 16.2 Å². The molecule has 1 saturated carbocycles. The maximum absolute atomic E-state index is 13.7. The molecule has 0 radical (unpaired) electrons. The van der Waals surface area contributed by atoms with Gasteiger partial charge in [0.25, 0.3) is 0 Å². The van der Waals surface area contributed by atoms with E-state index in [0.29, 0.717) is 19.5 Å². The molecule has 2 aromatic carbocycles. The van der Waals surface area contributed by atoms with Gasteiger partial charge >= 0.3 is 0 Å². The number of hydrogen-bond donors (Lipinski definition) is 0. The number of amides is 1. The molecule has 4 rings (SSSR count). The van der Waals surface area contributed by atoms with E-state index in [1.807, 2.05) is 35.2 Å². The molecule has 1 heterocycles. The Labute approximate surface area is 176 Å². The van der Waals surface area contributed by atoms with E-state index in [2.05, 4.69) is 5.16 Å². The monoisotopic (exact) mass is 410 g/mol. The Morgan fingerprint density at radius 1 is 1.20 bits per heavy atom. The van der Waals surface area contributed by atoms with Crippen molar-refractivity contribution in [2.45, 2.75) is 44.8 Å². The number of carbonyl (C=O) groups is 1. The molecule has 30 heavy (non-hydrogen) atoms. The lowest BCUT2D eigenvalue weighted by molar-refractivity contribution is -0.137. The van der Waals surface area contributed by atoms with Crippen LogP contribution in [0, 0.1) is 11.7 Å². The van der Waals surface area contributed by atoms with E-state index in [4.69, 9.17) is 9.57 Å². The van der Waals surface area contributed by atoms with Crippen molar-refractivity contribution < 1.29 is 18.8 Å². The van der Waals surface area contributed by atoms with Gasteiger partial charge in [-0.25, -0.2) is 4.39 Å². The van der Waals surface area contributed by atoms with Crippen molar-refractivity contribution in [2.24, 2.45) is 11.1 Å². The fraction of sp³-hybridized carbons (Fsp3) is 0.417. The van der Waals surface area contributed by atoms with Gasteiger partial charge in [-0.2, -0.15) is 0 Å². The Morgan fingerprint density at radius 3 is 2.67 bits per heavy atom. The number of halogens is 1. The van der Waals surface area contributed by atoms with Crippen LogP contribution in [0.3, 0.4) is 0 Å². The van der Waals surface area contributed by atoms with Crippen LogP contribution in [0.25, 0.3) is 0 Å². The molecule has 1 fully saturated rings. The van der Waals surface area contributed by atoms with Crippen LogP contribution in [0.5, 0.6) is 5.75 Å². The quantitative estimate of drug-likeness (QED) is 0.673. The highest BCUT2D eigenvalue weighted by molar-refractivity contribution is 6.01. The predicted octanol–water partition coefficient (Wildman–Crippen LogP) is 4.55. The molecular weight excluding hydrogens is 383 g/mol. The van der Waals surface area contributed by atoms with Gasteiger partial charge in [-0.1, -0.05) is 30.1 Å². The third-order valence-corrected chi connectivity index (χ3v) is 5.86. The number of hydrogen-bond acceptors (Lipinski definition) is 4. The van der Waals surface area contributed by atoms with Crippen LogP contribution in [0.4, 0.5) is 4.39 Å². The standard InChI is InChI=1S/C24H27FN2O3/c1-29-21-11-9-18(10-12-21)23-14-22(30-26-23)16-27(24(28)19-6-2-3-7-19)15-17-5-4-8-20(25)13-17/h4-5,8-13,19,22H,2-3,6-7,14-16H2,1H3/t22-/m0/s1. The van der Waals surface area contributed by atoms with Crippen molar-refractivity contribution in [1.29, 1.82) is 0 Å². The fourth-order valence-corrected chi connectivity index (χ4v) is 4.25. The van der Waals surface area contributed by atoms with Crippen LogP contribution in [0.2, 0.25) is 0 Å². The van der Waals surface area contributed by atoms with E-state index >= 15 is 0 Å². The van der Waals surface area contributed by atoms with E-state index in [0.717, 1.165) is 48.3 Å². The predicted molar refractivity (Wildman–Crippen MR) is 113 cm³/mol. The molecule has 1 aliphatic carbocycles. The van der Waals surface area contributed by atoms with Crippen molar-refractivity contribution in [3.05, 3.63) is 65.5 Å². The maximum Gasteiger partial charge on any atom is 0.226 e. The van der Waals surface area contributed by atoms with Gasteiger partial charge in [-0.3, -0.25) is 4.79 Å². The number of benzene rings is 2. The smallest absolute Gasteiger partial charge is 0.226 e. The third kappa shape index (κ3) is 4.81. The Kier molecular flexibility index (Phi) is 6.31. The Morgan fingerprint density at radius 2 is 1.97 bits per heavy atom. The van der Waals surface area contributed by atoms with Crippen molar-refractivity contribution in [2.75, 3.05) is 13.7 Å². The molecular formula is C24H27FN2O3. The zero-order valence-electron chi connectivity index (χ0n) is 17.2.